The first kappa shape index (κ1) is 10.6. The molecule has 0 aromatic heterocycles. The van der Waals surface area contributed by atoms with Crippen LogP contribution in [0.4, 0.5) is 0 Å². The van der Waals surface area contributed by atoms with Crippen molar-refractivity contribution >= 4 is 0 Å². The van der Waals surface area contributed by atoms with Gasteiger partial charge in [0, 0.05) is 6.42 Å². The van der Waals surface area contributed by atoms with Crippen LogP contribution in [0.25, 0.3) is 0 Å². The van der Waals surface area contributed by atoms with E-state index in [-0.39, 0.29) is 6.29 Å². The molecule has 0 aliphatic carbocycles. The predicted octanol–water partition coefficient (Wildman–Crippen LogP) is 2.73. The zero-order valence-electron chi connectivity index (χ0n) is 8.98. The summed E-state index contributed by atoms with van der Waals surface area (Å²) >= 11 is 0. The lowest BCUT2D eigenvalue weighted by molar-refractivity contribution is -0.249. The third-order valence-corrected chi connectivity index (χ3v) is 2.51. The Balaban J connectivity index is 1.73. The van der Waals surface area contributed by atoms with Gasteiger partial charge < -0.3 is 9.47 Å². The van der Waals surface area contributed by atoms with E-state index in [1.54, 1.807) is 0 Å². The van der Waals surface area contributed by atoms with Crippen LogP contribution in [-0.2, 0) is 15.9 Å². The van der Waals surface area contributed by atoms with Gasteiger partial charge >= 0.3 is 0 Å². The fourth-order valence-corrected chi connectivity index (χ4v) is 1.64. The van der Waals surface area contributed by atoms with E-state index < -0.39 is 0 Å². The van der Waals surface area contributed by atoms with Gasteiger partial charge in [-0.1, -0.05) is 12.1 Å². The highest BCUT2D eigenvalue weighted by molar-refractivity contribution is 5.31. The SMILES string of the molecule is C=C1OC(CCCc2ccc(C#N)cc2)O1. The number of benzene rings is 1. The molecule has 0 spiro atoms. The molecule has 3 nitrogen and oxygen atoms in total. The van der Waals surface area contributed by atoms with Crippen molar-refractivity contribution in [3.63, 3.8) is 0 Å². The molecule has 3 heteroatoms. The summed E-state index contributed by atoms with van der Waals surface area (Å²) in [6.07, 6.45) is 2.75. The molecule has 0 amide bonds. The predicted molar refractivity (Wildman–Crippen MR) is 59.2 cm³/mol. The largest absolute Gasteiger partial charge is 0.425 e. The van der Waals surface area contributed by atoms with Gasteiger partial charge in [0.1, 0.15) is 0 Å². The van der Waals surface area contributed by atoms with Crippen LogP contribution in [-0.4, -0.2) is 6.29 Å². The van der Waals surface area contributed by atoms with Gasteiger partial charge in [0.25, 0.3) is 5.95 Å². The van der Waals surface area contributed by atoms with E-state index in [1.165, 1.54) is 5.56 Å². The minimum Gasteiger partial charge on any atom is -0.425 e. The van der Waals surface area contributed by atoms with Gasteiger partial charge in [-0.2, -0.15) is 5.26 Å². The fourth-order valence-electron chi connectivity index (χ4n) is 1.64. The molecule has 2 rings (SSSR count). The van der Waals surface area contributed by atoms with Crippen LogP contribution in [0.2, 0.25) is 0 Å². The number of hydrogen-bond donors (Lipinski definition) is 0. The molecule has 0 saturated carbocycles. The van der Waals surface area contributed by atoms with Gasteiger partial charge in [0.05, 0.1) is 11.6 Å². The maximum Gasteiger partial charge on any atom is 0.277 e. The molecule has 0 atom stereocenters. The van der Waals surface area contributed by atoms with Gasteiger partial charge in [-0.15, -0.1) is 0 Å². The molecule has 1 saturated heterocycles. The van der Waals surface area contributed by atoms with Crippen molar-refractivity contribution in [3.8, 4) is 6.07 Å². The fraction of sp³-hybridized carbons (Fsp3) is 0.308. The monoisotopic (exact) mass is 215 g/mol. The van der Waals surface area contributed by atoms with Crippen molar-refractivity contribution in [2.75, 3.05) is 0 Å². The first-order valence-electron chi connectivity index (χ1n) is 5.29. The first-order valence-corrected chi connectivity index (χ1v) is 5.29. The normalized spacial score (nSPS) is 14.6. The Morgan fingerprint density at radius 1 is 1.25 bits per heavy atom. The lowest BCUT2D eigenvalue weighted by Gasteiger charge is -2.30. The van der Waals surface area contributed by atoms with E-state index in [9.17, 15) is 0 Å². The number of rotatable bonds is 4. The summed E-state index contributed by atoms with van der Waals surface area (Å²) in [6, 6.07) is 9.76. The third-order valence-electron chi connectivity index (χ3n) is 2.51. The zero-order valence-corrected chi connectivity index (χ0v) is 8.98. The first-order chi connectivity index (χ1) is 7.78. The molecular formula is C13H13NO2. The summed E-state index contributed by atoms with van der Waals surface area (Å²) in [5.41, 5.74) is 1.93. The molecule has 0 unspecified atom stereocenters. The summed E-state index contributed by atoms with van der Waals surface area (Å²) in [6.45, 7) is 3.52. The van der Waals surface area contributed by atoms with Gasteiger partial charge in [0.15, 0.2) is 0 Å². The van der Waals surface area contributed by atoms with E-state index >= 15 is 0 Å². The average molecular weight is 215 g/mol. The van der Waals surface area contributed by atoms with Crippen molar-refractivity contribution < 1.29 is 9.47 Å². The molecule has 0 bridgehead atoms. The second-order valence-corrected chi connectivity index (χ2v) is 3.74. The van der Waals surface area contributed by atoms with Crippen LogP contribution in [0.5, 0.6) is 0 Å². The lowest BCUT2D eigenvalue weighted by Crippen LogP contribution is -2.27. The summed E-state index contributed by atoms with van der Waals surface area (Å²) in [5.74, 6) is 0.420. The second-order valence-electron chi connectivity index (χ2n) is 3.74. The van der Waals surface area contributed by atoms with Crippen molar-refractivity contribution in [2.45, 2.75) is 25.6 Å². The molecule has 1 aromatic rings. The van der Waals surface area contributed by atoms with Crippen LogP contribution in [0.1, 0.15) is 24.0 Å². The molecule has 1 fully saturated rings. The summed E-state index contributed by atoms with van der Waals surface area (Å²) in [4.78, 5) is 0. The quantitative estimate of drug-likeness (QED) is 0.775. The number of hydrogen-bond acceptors (Lipinski definition) is 3. The van der Waals surface area contributed by atoms with Crippen molar-refractivity contribution in [3.05, 3.63) is 47.9 Å². The maximum atomic E-state index is 8.65. The Hall–Kier alpha value is -1.95. The summed E-state index contributed by atoms with van der Waals surface area (Å²) < 4.78 is 10.3. The molecule has 16 heavy (non-hydrogen) atoms. The molecule has 0 N–H and O–H groups in total. The maximum absolute atomic E-state index is 8.65. The Labute approximate surface area is 94.9 Å². The van der Waals surface area contributed by atoms with E-state index in [0.717, 1.165) is 19.3 Å². The average Bonchev–Trinajstić information content (AvgIpc) is 2.27. The van der Waals surface area contributed by atoms with Crippen LogP contribution in [0.15, 0.2) is 36.8 Å². The molecule has 1 aromatic carbocycles. The number of aryl methyl sites for hydroxylation is 1. The van der Waals surface area contributed by atoms with Crippen LogP contribution in [0.3, 0.4) is 0 Å². The number of nitriles is 1. The van der Waals surface area contributed by atoms with Gasteiger partial charge in [0.2, 0.25) is 6.29 Å². The molecular weight excluding hydrogens is 202 g/mol. The Kier molecular flexibility index (Phi) is 3.11. The van der Waals surface area contributed by atoms with E-state index in [2.05, 4.69) is 12.6 Å². The second kappa shape index (κ2) is 4.71. The molecule has 1 aliphatic rings. The van der Waals surface area contributed by atoms with E-state index in [1.807, 2.05) is 24.3 Å². The molecule has 82 valence electrons. The molecule has 0 radical (unpaired) electrons. The standard InChI is InChI=1S/C13H13NO2/c1-10-15-13(16-10)4-2-3-11-5-7-12(9-14)8-6-11/h5-8,13H,1-4H2. The van der Waals surface area contributed by atoms with Gasteiger partial charge in [-0.3, -0.25) is 0 Å². The number of nitrogens with zero attached hydrogens (tertiary/aromatic N) is 1. The Morgan fingerprint density at radius 3 is 2.50 bits per heavy atom. The molecule has 1 aliphatic heterocycles. The topological polar surface area (TPSA) is 42.2 Å². The lowest BCUT2D eigenvalue weighted by atomic mass is 10.1. The van der Waals surface area contributed by atoms with Crippen LogP contribution < -0.4 is 0 Å². The summed E-state index contributed by atoms with van der Waals surface area (Å²) in [7, 11) is 0. The highest BCUT2D eigenvalue weighted by atomic mass is 16.9. The highest BCUT2D eigenvalue weighted by Gasteiger charge is 2.23. The summed E-state index contributed by atoms with van der Waals surface area (Å²) in [5, 5.41) is 8.65. The third kappa shape index (κ3) is 2.54. The van der Waals surface area contributed by atoms with Crippen molar-refractivity contribution in [1.29, 1.82) is 5.26 Å². The van der Waals surface area contributed by atoms with Crippen LogP contribution in [0, 0.1) is 11.3 Å². The smallest absolute Gasteiger partial charge is 0.277 e. The highest BCUT2D eigenvalue weighted by Crippen LogP contribution is 2.23. The Morgan fingerprint density at radius 2 is 1.94 bits per heavy atom. The molecule has 1 heterocycles. The number of ether oxygens (including phenoxy) is 2. The van der Waals surface area contributed by atoms with Gasteiger partial charge in [-0.25, -0.2) is 0 Å². The van der Waals surface area contributed by atoms with E-state index in [0.29, 0.717) is 11.5 Å². The van der Waals surface area contributed by atoms with Crippen molar-refractivity contribution in [1.82, 2.24) is 0 Å². The van der Waals surface area contributed by atoms with Crippen LogP contribution >= 0.6 is 0 Å². The minimum absolute atomic E-state index is 0.106. The van der Waals surface area contributed by atoms with Gasteiger partial charge in [-0.05, 0) is 37.1 Å². The Bertz CT molecular complexity index is 409. The van der Waals surface area contributed by atoms with Crippen molar-refractivity contribution in [2.24, 2.45) is 0 Å². The minimum atomic E-state index is -0.106. The van der Waals surface area contributed by atoms with E-state index in [4.69, 9.17) is 14.7 Å². The zero-order chi connectivity index (χ0) is 11.4.